The second-order valence-electron chi connectivity index (χ2n) is 4.99. The molecule has 1 unspecified atom stereocenters. The molecule has 16 heavy (non-hydrogen) atoms. The second-order valence-corrected chi connectivity index (χ2v) is 6.47. The van der Waals surface area contributed by atoms with Gasteiger partial charge >= 0.3 is 6.18 Å². The van der Waals surface area contributed by atoms with E-state index in [0.717, 1.165) is 12.2 Å². The summed E-state index contributed by atoms with van der Waals surface area (Å²) in [6, 6.07) is 0.448. The van der Waals surface area contributed by atoms with Crippen LogP contribution in [0.1, 0.15) is 39.0 Å². The summed E-state index contributed by atoms with van der Waals surface area (Å²) >= 11 is 1.82. The predicted molar refractivity (Wildman–Crippen MR) is 60.4 cm³/mol. The van der Waals surface area contributed by atoms with Crippen LogP contribution in [-0.4, -0.2) is 22.8 Å². The number of nitrogens with one attached hydrogen (secondary N) is 1. The molecule has 0 bridgehead atoms. The minimum Gasteiger partial charge on any atom is -0.300 e. The van der Waals surface area contributed by atoms with Gasteiger partial charge in [-0.1, -0.05) is 0 Å². The summed E-state index contributed by atoms with van der Waals surface area (Å²) in [7, 11) is 0. The lowest BCUT2D eigenvalue weighted by Crippen LogP contribution is -2.53. The molecule has 0 aromatic rings. The van der Waals surface area contributed by atoms with Crippen LogP contribution in [0.4, 0.5) is 13.2 Å². The van der Waals surface area contributed by atoms with Crippen molar-refractivity contribution in [3.8, 4) is 0 Å². The van der Waals surface area contributed by atoms with E-state index in [9.17, 15) is 13.2 Å². The Balaban J connectivity index is 1.93. The predicted octanol–water partition coefficient (Wildman–Crippen LogP) is 3.55. The van der Waals surface area contributed by atoms with E-state index in [2.05, 4.69) is 12.2 Å². The maximum absolute atomic E-state index is 12.5. The van der Waals surface area contributed by atoms with Gasteiger partial charge in [-0.25, -0.2) is 0 Å². The quantitative estimate of drug-likeness (QED) is 0.708. The minimum atomic E-state index is -3.99. The van der Waals surface area contributed by atoms with E-state index < -0.39 is 12.1 Å². The topological polar surface area (TPSA) is 12.0 Å². The van der Waals surface area contributed by atoms with Crippen LogP contribution < -0.4 is 5.32 Å². The first kappa shape index (κ1) is 12.6. The lowest BCUT2D eigenvalue weighted by molar-refractivity contribution is -0.183. The van der Waals surface area contributed by atoms with Crippen LogP contribution >= 0.6 is 11.8 Å². The van der Waals surface area contributed by atoms with Crippen molar-refractivity contribution in [3.05, 3.63) is 0 Å². The first-order valence-electron chi connectivity index (χ1n) is 5.90. The summed E-state index contributed by atoms with van der Waals surface area (Å²) in [5.74, 6) is 0.00274. The van der Waals surface area contributed by atoms with Crippen LogP contribution in [0, 0.1) is 5.92 Å². The number of hydrogen-bond acceptors (Lipinski definition) is 2. The SMILES string of the molecule is CC1CCSC2(CCC(C(F)(F)F)CC2)N1. The highest BCUT2D eigenvalue weighted by molar-refractivity contribution is 8.00. The summed E-state index contributed by atoms with van der Waals surface area (Å²) in [6.07, 6.45) is -0.980. The average Bonchev–Trinajstić information content (AvgIpc) is 2.16. The third-order valence-electron chi connectivity index (χ3n) is 3.69. The van der Waals surface area contributed by atoms with Crippen molar-refractivity contribution in [1.29, 1.82) is 0 Å². The molecule has 0 aromatic heterocycles. The highest BCUT2D eigenvalue weighted by atomic mass is 32.2. The van der Waals surface area contributed by atoms with E-state index >= 15 is 0 Å². The van der Waals surface area contributed by atoms with Crippen molar-refractivity contribution in [2.24, 2.45) is 5.92 Å². The second kappa shape index (κ2) is 4.41. The Bertz CT molecular complexity index is 246. The molecule has 0 radical (unpaired) electrons. The summed E-state index contributed by atoms with van der Waals surface area (Å²) < 4.78 is 37.6. The molecule has 1 spiro atoms. The lowest BCUT2D eigenvalue weighted by Gasteiger charge is -2.45. The van der Waals surface area contributed by atoms with Gasteiger partial charge < -0.3 is 5.32 Å². The Morgan fingerprint density at radius 3 is 2.31 bits per heavy atom. The van der Waals surface area contributed by atoms with Gasteiger partial charge in [-0.2, -0.15) is 13.2 Å². The molecule has 1 aliphatic heterocycles. The number of halogens is 3. The first-order valence-corrected chi connectivity index (χ1v) is 6.88. The third-order valence-corrected chi connectivity index (χ3v) is 5.21. The van der Waals surface area contributed by atoms with Crippen LogP contribution in [0.5, 0.6) is 0 Å². The van der Waals surface area contributed by atoms with Crippen LogP contribution in [0.25, 0.3) is 0 Å². The normalized spacial score (nSPS) is 41.2. The maximum Gasteiger partial charge on any atom is 0.391 e. The van der Waals surface area contributed by atoms with E-state index in [1.54, 1.807) is 0 Å². The zero-order valence-electron chi connectivity index (χ0n) is 9.44. The van der Waals surface area contributed by atoms with E-state index in [-0.39, 0.29) is 17.7 Å². The molecule has 2 rings (SSSR count). The molecule has 1 nitrogen and oxygen atoms in total. The van der Waals surface area contributed by atoms with Gasteiger partial charge in [0.1, 0.15) is 0 Å². The number of rotatable bonds is 0. The van der Waals surface area contributed by atoms with Crippen LogP contribution in [0.2, 0.25) is 0 Å². The molecule has 1 saturated heterocycles. The first-order chi connectivity index (χ1) is 7.41. The van der Waals surface area contributed by atoms with E-state index in [1.807, 2.05) is 11.8 Å². The summed E-state index contributed by atoms with van der Waals surface area (Å²) in [6.45, 7) is 2.12. The Labute approximate surface area is 98.5 Å². The molecule has 1 saturated carbocycles. The Morgan fingerprint density at radius 1 is 1.19 bits per heavy atom. The van der Waals surface area contributed by atoms with Crippen LogP contribution in [-0.2, 0) is 0 Å². The van der Waals surface area contributed by atoms with Gasteiger partial charge in [0, 0.05) is 6.04 Å². The highest BCUT2D eigenvalue weighted by Crippen LogP contribution is 2.47. The van der Waals surface area contributed by atoms with Crippen LogP contribution in [0.3, 0.4) is 0 Å². The van der Waals surface area contributed by atoms with E-state index in [1.165, 1.54) is 0 Å². The Kier molecular flexibility index (Phi) is 3.46. The Hall–Kier alpha value is 0.1000. The third kappa shape index (κ3) is 2.67. The van der Waals surface area contributed by atoms with Gasteiger partial charge in [-0.05, 0) is 44.8 Å². The fourth-order valence-electron chi connectivity index (χ4n) is 2.69. The molecule has 94 valence electrons. The van der Waals surface area contributed by atoms with Crippen molar-refractivity contribution in [2.45, 2.75) is 56.1 Å². The largest absolute Gasteiger partial charge is 0.391 e. The molecule has 1 aliphatic carbocycles. The number of hydrogen-bond donors (Lipinski definition) is 1. The van der Waals surface area contributed by atoms with Crippen molar-refractivity contribution in [2.75, 3.05) is 5.75 Å². The molecule has 1 N–H and O–H groups in total. The van der Waals surface area contributed by atoms with Crippen molar-refractivity contribution >= 4 is 11.8 Å². The summed E-state index contributed by atoms with van der Waals surface area (Å²) in [5, 5.41) is 3.50. The van der Waals surface area contributed by atoms with Crippen molar-refractivity contribution in [3.63, 3.8) is 0 Å². The van der Waals surface area contributed by atoms with Gasteiger partial charge in [-0.15, -0.1) is 11.8 Å². The van der Waals surface area contributed by atoms with Gasteiger partial charge in [-0.3, -0.25) is 0 Å². The molecular formula is C11H18F3NS. The molecule has 1 heterocycles. The fourth-order valence-corrected chi connectivity index (χ4v) is 4.37. The summed E-state index contributed by atoms with van der Waals surface area (Å²) in [4.78, 5) is -0.0561. The molecule has 0 amide bonds. The standard InChI is InChI=1S/C11H18F3NS/c1-8-4-7-16-10(15-8)5-2-9(3-6-10)11(12,13)14/h8-9,15H,2-7H2,1H3. The molecule has 0 aromatic carbocycles. The molecule has 2 fully saturated rings. The van der Waals surface area contributed by atoms with Crippen molar-refractivity contribution in [1.82, 2.24) is 5.32 Å². The zero-order valence-corrected chi connectivity index (χ0v) is 10.3. The smallest absolute Gasteiger partial charge is 0.300 e. The average molecular weight is 253 g/mol. The van der Waals surface area contributed by atoms with Crippen molar-refractivity contribution < 1.29 is 13.2 Å². The van der Waals surface area contributed by atoms with Gasteiger partial charge in [0.05, 0.1) is 10.8 Å². The Morgan fingerprint density at radius 2 is 1.81 bits per heavy atom. The van der Waals surface area contributed by atoms with Gasteiger partial charge in [0.15, 0.2) is 0 Å². The lowest BCUT2D eigenvalue weighted by atomic mass is 9.84. The highest BCUT2D eigenvalue weighted by Gasteiger charge is 2.46. The van der Waals surface area contributed by atoms with E-state index in [0.29, 0.717) is 18.9 Å². The van der Waals surface area contributed by atoms with Gasteiger partial charge in [0.25, 0.3) is 0 Å². The number of thioether (sulfide) groups is 1. The molecular weight excluding hydrogens is 235 g/mol. The monoisotopic (exact) mass is 253 g/mol. The zero-order chi connectivity index (χ0) is 11.8. The molecule has 5 heteroatoms. The minimum absolute atomic E-state index is 0.0561. The summed E-state index contributed by atoms with van der Waals surface area (Å²) in [5.41, 5.74) is 0. The molecule has 2 aliphatic rings. The van der Waals surface area contributed by atoms with Gasteiger partial charge in [0.2, 0.25) is 0 Å². The number of alkyl halides is 3. The van der Waals surface area contributed by atoms with E-state index in [4.69, 9.17) is 0 Å². The fraction of sp³-hybridized carbons (Fsp3) is 1.00. The maximum atomic E-state index is 12.5. The molecule has 1 atom stereocenters. The van der Waals surface area contributed by atoms with Crippen LogP contribution in [0.15, 0.2) is 0 Å².